The maximum Gasteiger partial charge on any atom is 0.236 e. The summed E-state index contributed by atoms with van der Waals surface area (Å²) in [6.07, 6.45) is 8.84. The lowest BCUT2D eigenvalue weighted by molar-refractivity contribution is -0.134. The highest BCUT2D eigenvalue weighted by atomic mass is 35.5. The molecule has 0 N–H and O–H groups in total. The lowest BCUT2D eigenvalue weighted by Crippen LogP contribution is -2.46. The van der Waals surface area contributed by atoms with Crippen LogP contribution in [0.4, 0.5) is 0 Å². The average molecular weight is 407 g/mol. The lowest BCUT2D eigenvalue weighted by atomic mass is 9.94. The number of carbonyl (C=O) groups is 1. The van der Waals surface area contributed by atoms with Crippen LogP contribution in [0.15, 0.2) is 24.3 Å². The zero-order valence-electron chi connectivity index (χ0n) is 17.5. The monoisotopic (exact) mass is 406 g/mol. The number of aryl methyl sites for hydroxylation is 2. The molecule has 1 aromatic rings. The molecule has 2 aliphatic heterocycles. The van der Waals surface area contributed by atoms with Crippen molar-refractivity contribution >= 4 is 24.4 Å². The normalized spacial score (nSPS) is 19.2. The van der Waals surface area contributed by atoms with E-state index in [1.807, 2.05) is 0 Å². The molecule has 4 nitrogen and oxygen atoms in total. The van der Waals surface area contributed by atoms with Crippen molar-refractivity contribution in [2.75, 3.05) is 39.9 Å². The average Bonchev–Trinajstić information content (AvgIpc) is 2.68. The van der Waals surface area contributed by atoms with Crippen LogP contribution in [-0.2, 0) is 9.53 Å². The third kappa shape index (κ3) is 6.07. The fourth-order valence-electron chi connectivity index (χ4n) is 4.23. The van der Waals surface area contributed by atoms with Crippen molar-refractivity contribution in [2.24, 2.45) is 5.92 Å². The molecule has 0 aromatic heterocycles. The van der Waals surface area contributed by atoms with Gasteiger partial charge in [0.25, 0.3) is 0 Å². The van der Waals surface area contributed by atoms with Crippen LogP contribution in [0.25, 0.3) is 6.08 Å². The Morgan fingerprint density at radius 3 is 2.36 bits per heavy atom. The number of hydrogen-bond donors (Lipinski definition) is 0. The molecular formula is C23H35ClN2O2. The van der Waals surface area contributed by atoms with Crippen LogP contribution in [-0.4, -0.2) is 61.6 Å². The van der Waals surface area contributed by atoms with Gasteiger partial charge in [0.05, 0.1) is 6.54 Å². The van der Waals surface area contributed by atoms with Crippen LogP contribution in [0, 0.1) is 19.8 Å². The van der Waals surface area contributed by atoms with Crippen LogP contribution in [0.1, 0.15) is 42.4 Å². The summed E-state index contributed by atoms with van der Waals surface area (Å²) < 4.78 is 5.42. The summed E-state index contributed by atoms with van der Waals surface area (Å²) >= 11 is 0. The van der Waals surface area contributed by atoms with Gasteiger partial charge in [0.15, 0.2) is 0 Å². The van der Waals surface area contributed by atoms with Gasteiger partial charge in [0.1, 0.15) is 0 Å². The largest absolute Gasteiger partial charge is 0.381 e. The van der Waals surface area contributed by atoms with E-state index in [0.717, 1.165) is 52.0 Å². The van der Waals surface area contributed by atoms with E-state index in [9.17, 15) is 4.79 Å². The van der Waals surface area contributed by atoms with E-state index in [2.05, 4.69) is 61.0 Å². The molecule has 0 unspecified atom stereocenters. The van der Waals surface area contributed by atoms with E-state index in [1.165, 1.54) is 16.7 Å². The molecule has 0 bridgehead atoms. The lowest BCUT2D eigenvalue weighted by Gasteiger charge is -2.35. The minimum absolute atomic E-state index is 0. The maximum absolute atomic E-state index is 12.7. The second kappa shape index (κ2) is 11.0. The van der Waals surface area contributed by atoms with Crippen molar-refractivity contribution in [3.05, 3.63) is 41.0 Å². The standard InChI is InChI=1S/C23H34N2O2.ClH/c1-18-5-4-6-19(2)22(18)8-7-20-9-13-25(14-10-20)23(26)17-24(3)21-11-15-27-16-12-21;/h4-8,20-21H,9-17H2,1-3H3;1H. The Hall–Kier alpha value is -1.36. The van der Waals surface area contributed by atoms with Gasteiger partial charge in [-0.25, -0.2) is 0 Å². The smallest absolute Gasteiger partial charge is 0.236 e. The third-order valence-corrected chi connectivity index (χ3v) is 6.17. The minimum Gasteiger partial charge on any atom is -0.381 e. The number of rotatable bonds is 5. The van der Waals surface area contributed by atoms with E-state index in [-0.39, 0.29) is 18.3 Å². The highest BCUT2D eigenvalue weighted by Gasteiger charge is 2.25. The molecule has 2 saturated heterocycles. The Labute approximate surface area is 176 Å². The van der Waals surface area contributed by atoms with Crippen molar-refractivity contribution in [2.45, 2.75) is 45.6 Å². The molecule has 0 spiro atoms. The van der Waals surface area contributed by atoms with E-state index >= 15 is 0 Å². The third-order valence-electron chi connectivity index (χ3n) is 6.17. The van der Waals surface area contributed by atoms with Crippen molar-refractivity contribution in [3.8, 4) is 0 Å². The summed E-state index contributed by atoms with van der Waals surface area (Å²) in [6, 6.07) is 6.94. The highest BCUT2D eigenvalue weighted by molar-refractivity contribution is 5.85. The first-order chi connectivity index (χ1) is 13.0. The van der Waals surface area contributed by atoms with Crippen LogP contribution in [0.2, 0.25) is 0 Å². The first kappa shape index (κ1) is 22.9. The van der Waals surface area contributed by atoms with Gasteiger partial charge < -0.3 is 9.64 Å². The Morgan fingerprint density at radius 2 is 1.75 bits per heavy atom. The summed E-state index contributed by atoms with van der Waals surface area (Å²) in [4.78, 5) is 16.9. The number of amides is 1. The van der Waals surface area contributed by atoms with Crippen molar-refractivity contribution < 1.29 is 9.53 Å². The van der Waals surface area contributed by atoms with Gasteiger partial charge in [-0.3, -0.25) is 9.69 Å². The molecule has 156 valence electrons. The number of benzene rings is 1. The zero-order valence-corrected chi connectivity index (χ0v) is 18.3. The Morgan fingerprint density at radius 1 is 1.14 bits per heavy atom. The fraction of sp³-hybridized carbons (Fsp3) is 0.609. The second-order valence-corrected chi connectivity index (χ2v) is 8.14. The number of nitrogens with zero attached hydrogens (tertiary/aromatic N) is 2. The van der Waals surface area contributed by atoms with Gasteiger partial charge in [-0.05, 0) is 69.2 Å². The number of allylic oxidation sites excluding steroid dienone is 1. The molecule has 3 rings (SSSR count). The summed E-state index contributed by atoms with van der Waals surface area (Å²) in [5.74, 6) is 0.849. The number of piperidine rings is 1. The molecule has 1 aromatic carbocycles. The van der Waals surface area contributed by atoms with Gasteiger partial charge in [-0.1, -0.05) is 30.4 Å². The molecule has 0 atom stereocenters. The van der Waals surface area contributed by atoms with Crippen LogP contribution >= 0.6 is 12.4 Å². The summed E-state index contributed by atoms with van der Waals surface area (Å²) in [7, 11) is 2.08. The van der Waals surface area contributed by atoms with Crippen molar-refractivity contribution in [3.63, 3.8) is 0 Å². The van der Waals surface area contributed by atoms with E-state index < -0.39 is 0 Å². The molecule has 2 aliphatic rings. The van der Waals surface area contributed by atoms with Gasteiger partial charge in [-0.2, -0.15) is 0 Å². The van der Waals surface area contributed by atoms with Crippen LogP contribution in [0.5, 0.6) is 0 Å². The van der Waals surface area contributed by atoms with E-state index in [0.29, 0.717) is 18.5 Å². The van der Waals surface area contributed by atoms with E-state index in [1.54, 1.807) is 0 Å². The molecule has 28 heavy (non-hydrogen) atoms. The summed E-state index contributed by atoms with van der Waals surface area (Å²) in [5.41, 5.74) is 4.00. The first-order valence-corrected chi connectivity index (χ1v) is 10.3. The number of halogens is 1. The molecular weight excluding hydrogens is 372 g/mol. The predicted molar refractivity (Wildman–Crippen MR) is 118 cm³/mol. The number of likely N-dealkylation sites (N-methyl/N-ethyl adjacent to an activating group) is 1. The number of hydrogen-bond acceptors (Lipinski definition) is 3. The van der Waals surface area contributed by atoms with Crippen LogP contribution < -0.4 is 0 Å². The van der Waals surface area contributed by atoms with Crippen LogP contribution in [0.3, 0.4) is 0 Å². The maximum atomic E-state index is 12.7. The van der Waals surface area contributed by atoms with Crippen molar-refractivity contribution in [1.29, 1.82) is 0 Å². The van der Waals surface area contributed by atoms with Gasteiger partial charge in [0, 0.05) is 32.3 Å². The molecule has 1 amide bonds. The fourth-order valence-corrected chi connectivity index (χ4v) is 4.23. The highest BCUT2D eigenvalue weighted by Crippen LogP contribution is 2.22. The number of ether oxygens (including phenoxy) is 1. The van der Waals surface area contributed by atoms with Gasteiger partial charge in [0.2, 0.25) is 5.91 Å². The predicted octanol–water partition coefficient (Wildman–Crippen LogP) is 4.09. The molecule has 2 fully saturated rings. The summed E-state index contributed by atoms with van der Waals surface area (Å²) in [6.45, 7) is 8.27. The van der Waals surface area contributed by atoms with Gasteiger partial charge >= 0.3 is 0 Å². The Balaban J connectivity index is 0.00000280. The second-order valence-electron chi connectivity index (χ2n) is 8.14. The molecule has 2 heterocycles. The molecule has 5 heteroatoms. The zero-order chi connectivity index (χ0) is 19.2. The number of carbonyl (C=O) groups excluding carboxylic acids is 1. The molecule has 0 radical (unpaired) electrons. The topological polar surface area (TPSA) is 32.8 Å². The molecule has 0 aliphatic carbocycles. The summed E-state index contributed by atoms with van der Waals surface area (Å²) in [5, 5.41) is 0. The number of likely N-dealkylation sites (tertiary alicyclic amines) is 1. The minimum atomic E-state index is 0. The first-order valence-electron chi connectivity index (χ1n) is 10.3. The molecule has 0 saturated carbocycles. The van der Waals surface area contributed by atoms with E-state index in [4.69, 9.17) is 4.74 Å². The van der Waals surface area contributed by atoms with Gasteiger partial charge in [-0.15, -0.1) is 12.4 Å². The van der Waals surface area contributed by atoms with Crippen molar-refractivity contribution in [1.82, 2.24) is 9.80 Å². The Bertz CT molecular complexity index is 642. The Kier molecular flexibility index (Phi) is 9.00. The SMILES string of the molecule is Cc1cccc(C)c1C=CC1CCN(C(=O)CN(C)C2CCOCC2)CC1.Cl. The quantitative estimate of drug-likeness (QED) is 0.738.